The van der Waals surface area contributed by atoms with Gasteiger partial charge in [0.05, 0.1) is 19.6 Å². The van der Waals surface area contributed by atoms with Crippen molar-refractivity contribution in [3.8, 4) is 5.75 Å². The van der Waals surface area contributed by atoms with Crippen LogP contribution in [0.25, 0.3) is 0 Å². The lowest BCUT2D eigenvalue weighted by atomic mass is 9.98. The number of hydrogen-bond donors (Lipinski definition) is 13. The van der Waals surface area contributed by atoms with E-state index in [1.54, 1.807) is 27.7 Å². The minimum absolute atomic E-state index is 0.0251. The fourth-order valence-electron chi connectivity index (χ4n) is 6.78. The number of hydrogen-bond acceptors (Lipinski definition) is 13. The zero-order chi connectivity index (χ0) is 53.8. The number of aliphatic hydroxyl groups excluding tert-OH is 1. The molecule has 1 aromatic carbocycles. The summed E-state index contributed by atoms with van der Waals surface area (Å²) in [5, 5.41) is 47.9. The summed E-state index contributed by atoms with van der Waals surface area (Å²) < 4.78 is 14.2. The quantitative estimate of drug-likeness (QED) is 0.0228. The predicted molar refractivity (Wildman–Crippen MR) is 256 cm³/mol. The van der Waals surface area contributed by atoms with Crippen LogP contribution in [0.3, 0.4) is 0 Å². The lowest BCUT2D eigenvalue weighted by Gasteiger charge is -2.26. The van der Waals surface area contributed by atoms with E-state index in [2.05, 4.69) is 54.5 Å². The third kappa shape index (κ3) is 23.8. The molecule has 0 aromatic heterocycles. The van der Waals surface area contributed by atoms with Crippen molar-refractivity contribution in [2.24, 2.45) is 28.3 Å². The number of guanidine groups is 1. The average molecular weight is 1010 g/mol. The van der Waals surface area contributed by atoms with Crippen LogP contribution in [0.2, 0.25) is 0 Å². The largest absolute Gasteiger partial charge is 0.505 e. The summed E-state index contributed by atoms with van der Waals surface area (Å²) >= 11 is 0. The number of nitrogens with one attached hydrogen (secondary N) is 8. The highest BCUT2D eigenvalue weighted by atomic mass is 19.1. The lowest BCUT2D eigenvalue weighted by Crippen LogP contribution is -2.58. The number of phenols is 1. The van der Waals surface area contributed by atoms with Gasteiger partial charge >= 0.3 is 5.97 Å². The van der Waals surface area contributed by atoms with Crippen molar-refractivity contribution in [1.29, 1.82) is 0 Å². The summed E-state index contributed by atoms with van der Waals surface area (Å²) in [5.74, 6) is -10.3. The first-order valence-electron chi connectivity index (χ1n) is 23.4. The summed E-state index contributed by atoms with van der Waals surface area (Å²) in [4.78, 5) is 130. The molecule has 1 fully saturated rings. The number of aliphatic carboxylic acids is 1. The Morgan fingerprint density at radius 2 is 1.45 bits per heavy atom. The number of phenolic OH excluding ortho intramolecular Hbond substituents is 1. The van der Waals surface area contributed by atoms with Crippen LogP contribution in [-0.4, -0.2) is 161 Å². The van der Waals surface area contributed by atoms with Gasteiger partial charge in [-0.2, -0.15) is 0 Å². The van der Waals surface area contributed by atoms with Crippen LogP contribution in [0.1, 0.15) is 92.1 Å². The van der Waals surface area contributed by atoms with Gasteiger partial charge < -0.3 is 74.2 Å². The molecular formula is C45H73FN12O13. The molecule has 1 saturated heterocycles. The zero-order valence-electron chi connectivity index (χ0n) is 41.2. The molecule has 0 radical (unpaired) electrons. The van der Waals surface area contributed by atoms with Gasteiger partial charge in [-0.25, -0.2) is 9.18 Å². The number of carbonyl (C=O) groups excluding carboxylic acids is 9. The van der Waals surface area contributed by atoms with Crippen molar-refractivity contribution in [1.82, 2.24) is 47.4 Å². The number of unbranched alkanes of at least 4 members (excludes halogenated alkanes) is 1. The van der Waals surface area contributed by atoms with Crippen LogP contribution in [0.15, 0.2) is 23.2 Å². The first-order chi connectivity index (χ1) is 33.4. The van der Waals surface area contributed by atoms with E-state index in [-0.39, 0.29) is 62.1 Å². The number of likely N-dealkylation sites (tertiary alicyclic amines) is 1. The molecule has 9 amide bonds. The summed E-state index contributed by atoms with van der Waals surface area (Å²) in [6.07, 6.45) is 3.32. The molecule has 1 aliphatic heterocycles. The van der Waals surface area contributed by atoms with Crippen molar-refractivity contribution < 1.29 is 67.7 Å². The molecule has 0 aliphatic carbocycles. The van der Waals surface area contributed by atoms with Gasteiger partial charge in [-0.1, -0.05) is 53.5 Å². The van der Waals surface area contributed by atoms with E-state index in [0.29, 0.717) is 12.8 Å². The van der Waals surface area contributed by atoms with Gasteiger partial charge in [0.15, 0.2) is 17.5 Å². The Hall–Kier alpha value is -7.12. The van der Waals surface area contributed by atoms with Crippen LogP contribution >= 0.6 is 0 Å². The number of carboxylic acids is 1. The van der Waals surface area contributed by atoms with E-state index in [1.165, 1.54) is 17.9 Å². The standard InChI is InChI=1S/C39H60FN11O12.C6H13NO/c1-5-21(4)33(49-30(56)19-52)37(61)46-17-29(55)47-25(15-22-10-11-27(53)23(40)14-22)34(58)50-32(20(2)3)36(60)45-16-28(54)44-18-31(57)51-13-7-9-26(51)35(59)48-24(38(62)63)8-6-12-43-39(41)42;1-3-4-5-7-6(2)8/h10-11,14,20-21,24-26,32-33,52-53H,5-9,12-13,15-19H2,1-4H3,(H,44,54)(H,45,60)(H,46,61)(H,47,55)(H,48,59)(H,49,56)(H,50,58)(H,62,63)(H4,41,42,43);3-5H2,1-2H3,(H,7,8)/t21-,24+,25+,26?,32?,33?;/m1./s1. The maximum Gasteiger partial charge on any atom is 0.326 e. The van der Waals surface area contributed by atoms with Gasteiger partial charge in [-0.3, -0.25) is 48.1 Å². The van der Waals surface area contributed by atoms with Crippen molar-refractivity contribution in [3.05, 3.63) is 29.6 Å². The van der Waals surface area contributed by atoms with E-state index in [0.717, 1.165) is 31.5 Å². The first-order valence-corrected chi connectivity index (χ1v) is 23.4. The molecule has 0 bridgehead atoms. The van der Waals surface area contributed by atoms with Crippen molar-refractivity contribution in [2.45, 2.75) is 123 Å². The summed E-state index contributed by atoms with van der Waals surface area (Å²) in [7, 11) is 0. The second-order valence-electron chi connectivity index (χ2n) is 17.1. The molecule has 25 nitrogen and oxygen atoms in total. The number of nitrogens with two attached hydrogens (primary N) is 2. The highest BCUT2D eigenvalue weighted by molar-refractivity contribution is 5.96. The van der Waals surface area contributed by atoms with Crippen LogP contribution in [0, 0.1) is 17.7 Å². The van der Waals surface area contributed by atoms with Crippen molar-refractivity contribution in [3.63, 3.8) is 0 Å². The van der Waals surface area contributed by atoms with Gasteiger partial charge in [0.1, 0.15) is 36.8 Å². The smallest absolute Gasteiger partial charge is 0.326 e. The Labute approximate surface area is 412 Å². The summed E-state index contributed by atoms with van der Waals surface area (Å²) in [5.41, 5.74) is 10.7. The molecule has 6 atom stereocenters. The maximum absolute atomic E-state index is 14.2. The Bertz CT molecular complexity index is 2020. The molecule has 398 valence electrons. The molecule has 1 aromatic rings. The third-order valence-corrected chi connectivity index (χ3v) is 10.9. The number of halogens is 1. The fraction of sp³-hybridized carbons (Fsp3) is 0.622. The van der Waals surface area contributed by atoms with Crippen molar-refractivity contribution >= 4 is 65.1 Å². The maximum atomic E-state index is 14.2. The number of carboxylic acid groups (broad SMARTS) is 1. The third-order valence-electron chi connectivity index (χ3n) is 10.9. The second kappa shape index (κ2) is 32.6. The van der Waals surface area contributed by atoms with Gasteiger partial charge in [0.25, 0.3) is 0 Å². The number of benzene rings is 1. The van der Waals surface area contributed by atoms with Crippen LogP contribution in [0.5, 0.6) is 5.75 Å². The number of carbonyl (C=O) groups is 10. The average Bonchev–Trinajstić information content (AvgIpc) is 3.82. The van der Waals surface area contributed by atoms with Gasteiger partial charge in [0.2, 0.25) is 53.2 Å². The summed E-state index contributed by atoms with van der Waals surface area (Å²) in [6, 6.07) is -2.82. The van der Waals surface area contributed by atoms with Crippen LogP contribution in [0.4, 0.5) is 4.39 Å². The molecule has 1 aliphatic rings. The molecule has 0 spiro atoms. The minimum atomic E-state index is -1.47. The SMILES string of the molecule is CCCCNC(C)=O.CC[C@@H](C)C(NC(=O)CO)C(=O)NCC(=O)N[C@@H](Cc1ccc(O)c(F)c1)C(=O)NC(C(=O)NCC(=O)NCC(=O)N1CCCC1C(=O)N[C@@H](CCCN=C(N)N)C(=O)O)C(C)C. The van der Waals surface area contributed by atoms with E-state index in [9.17, 15) is 62.5 Å². The highest BCUT2D eigenvalue weighted by Gasteiger charge is 2.36. The van der Waals surface area contributed by atoms with Crippen LogP contribution in [-0.2, 0) is 54.4 Å². The topological polar surface area (TPSA) is 395 Å². The predicted octanol–water partition coefficient (Wildman–Crippen LogP) is -2.89. The molecule has 26 heteroatoms. The zero-order valence-corrected chi connectivity index (χ0v) is 41.2. The van der Waals surface area contributed by atoms with E-state index < -0.39 is 127 Å². The minimum Gasteiger partial charge on any atom is -0.505 e. The lowest BCUT2D eigenvalue weighted by molar-refractivity contribution is -0.144. The van der Waals surface area contributed by atoms with E-state index in [4.69, 9.17) is 16.6 Å². The number of aromatic hydroxyl groups is 1. The Morgan fingerprint density at radius 3 is 2.01 bits per heavy atom. The van der Waals surface area contributed by atoms with Gasteiger partial charge in [0, 0.05) is 33.0 Å². The van der Waals surface area contributed by atoms with E-state index in [1.807, 2.05) is 0 Å². The van der Waals surface area contributed by atoms with Crippen LogP contribution < -0.4 is 54.0 Å². The molecular weight excluding hydrogens is 936 g/mol. The van der Waals surface area contributed by atoms with Gasteiger partial charge in [-0.05, 0) is 61.6 Å². The first kappa shape index (κ1) is 61.9. The second-order valence-corrected chi connectivity index (χ2v) is 17.1. The monoisotopic (exact) mass is 1010 g/mol. The normalized spacial score (nSPS) is 14.9. The Kier molecular flexibility index (Phi) is 28.5. The molecule has 2 rings (SSSR count). The number of amides is 9. The molecule has 3 unspecified atom stereocenters. The molecule has 15 N–H and O–H groups in total. The highest BCUT2D eigenvalue weighted by Crippen LogP contribution is 2.19. The van der Waals surface area contributed by atoms with Crippen molar-refractivity contribution in [2.75, 3.05) is 45.9 Å². The molecule has 0 saturated carbocycles. The number of aliphatic hydroxyl groups is 1. The fourth-order valence-corrected chi connectivity index (χ4v) is 6.78. The Morgan fingerprint density at radius 1 is 0.803 bits per heavy atom. The Balaban J connectivity index is 0.00000288. The number of rotatable bonds is 28. The number of aliphatic imine (C=N–C) groups is 1. The van der Waals surface area contributed by atoms with Gasteiger partial charge in [-0.15, -0.1) is 0 Å². The molecule has 71 heavy (non-hydrogen) atoms. The molecule has 1 heterocycles. The van der Waals surface area contributed by atoms with E-state index >= 15 is 0 Å². The number of nitrogens with zero attached hydrogens (tertiary/aromatic N) is 2. The summed E-state index contributed by atoms with van der Waals surface area (Å²) in [6.45, 7) is 8.65.